The maximum atomic E-state index is 12.1. The highest BCUT2D eigenvalue weighted by molar-refractivity contribution is 6.33. The van der Waals surface area contributed by atoms with Gasteiger partial charge in [-0.1, -0.05) is 11.6 Å². The highest BCUT2D eigenvalue weighted by Crippen LogP contribution is 2.41. The Bertz CT molecular complexity index is 600. The van der Waals surface area contributed by atoms with Gasteiger partial charge in [-0.3, -0.25) is 9.59 Å². The molecule has 0 bridgehead atoms. The quantitative estimate of drug-likeness (QED) is 0.746. The van der Waals surface area contributed by atoms with Gasteiger partial charge in [-0.2, -0.15) is 5.10 Å². The van der Waals surface area contributed by atoms with Gasteiger partial charge in [0.25, 0.3) is 5.56 Å². The van der Waals surface area contributed by atoms with Gasteiger partial charge in [-0.05, 0) is 25.7 Å². The zero-order valence-corrected chi connectivity index (χ0v) is 12.8. The summed E-state index contributed by atoms with van der Waals surface area (Å²) in [6.07, 6.45) is 3.64. The summed E-state index contributed by atoms with van der Waals surface area (Å²) in [6, 6.07) is 0. The predicted molar refractivity (Wildman–Crippen MR) is 79.3 cm³/mol. The first kappa shape index (κ1) is 15.8. The van der Waals surface area contributed by atoms with E-state index in [0.717, 1.165) is 17.5 Å². The van der Waals surface area contributed by atoms with E-state index in [2.05, 4.69) is 15.2 Å². The van der Waals surface area contributed by atoms with Crippen molar-refractivity contribution >= 4 is 23.3 Å². The fourth-order valence-corrected chi connectivity index (χ4v) is 2.39. The van der Waals surface area contributed by atoms with Crippen LogP contribution in [-0.2, 0) is 16.1 Å². The van der Waals surface area contributed by atoms with Crippen molar-refractivity contribution < 1.29 is 9.53 Å². The largest absolute Gasteiger partial charge is 0.468 e. The van der Waals surface area contributed by atoms with Crippen molar-refractivity contribution in [1.82, 2.24) is 9.78 Å². The van der Waals surface area contributed by atoms with Crippen molar-refractivity contribution in [1.29, 1.82) is 0 Å². The van der Waals surface area contributed by atoms with Crippen molar-refractivity contribution in [3.63, 3.8) is 0 Å². The van der Waals surface area contributed by atoms with Gasteiger partial charge in [0.2, 0.25) is 0 Å². The van der Waals surface area contributed by atoms with E-state index in [1.54, 1.807) is 0 Å². The predicted octanol–water partition coefficient (Wildman–Crippen LogP) is 0.609. The second-order valence-electron chi connectivity index (χ2n) is 5.43. The van der Waals surface area contributed by atoms with Gasteiger partial charge < -0.3 is 15.8 Å². The zero-order valence-electron chi connectivity index (χ0n) is 12.1. The van der Waals surface area contributed by atoms with Gasteiger partial charge in [-0.15, -0.1) is 0 Å². The maximum absolute atomic E-state index is 12.1. The number of aromatic nitrogens is 2. The van der Waals surface area contributed by atoms with Crippen LogP contribution in [0.25, 0.3) is 0 Å². The van der Waals surface area contributed by atoms with Crippen molar-refractivity contribution in [3.05, 3.63) is 21.6 Å². The van der Waals surface area contributed by atoms with Gasteiger partial charge in [0.1, 0.15) is 11.6 Å². The molecule has 0 aliphatic heterocycles. The summed E-state index contributed by atoms with van der Waals surface area (Å²) in [7, 11) is 1.24. The first-order valence-electron chi connectivity index (χ1n) is 6.72. The van der Waals surface area contributed by atoms with Crippen LogP contribution in [0.5, 0.6) is 0 Å². The summed E-state index contributed by atoms with van der Waals surface area (Å²) in [6.45, 7) is 2.16. The minimum absolute atomic E-state index is 0.00534. The van der Waals surface area contributed by atoms with Crippen LogP contribution in [0.15, 0.2) is 11.0 Å². The lowest BCUT2D eigenvalue weighted by Crippen LogP contribution is -2.45. The summed E-state index contributed by atoms with van der Waals surface area (Å²) in [5, 5.41) is 7.16. The number of ether oxygens (including phenoxy) is 1. The normalized spacial score (nSPS) is 17.1. The second kappa shape index (κ2) is 6.03. The number of hydrogen-bond donors (Lipinski definition) is 2. The molecular formula is C13H19ClN4O3. The first-order chi connectivity index (χ1) is 9.91. The Morgan fingerprint density at radius 1 is 1.67 bits per heavy atom. The fraction of sp³-hybridized carbons (Fsp3) is 0.615. The van der Waals surface area contributed by atoms with Crippen LogP contribution in [0, 0.1) is 5.92 Å². The number of carbonyl (C=O) groups excluding carboxylic acids is 1. The molecule has 1 fully saturated rings. The maximum Gasteiger partial charge on any atom is 0.327 e. The van der Waals surface area contributed by atoms with E-state index in [4.69, 9.17) is 17.3 Å². The number of esters is 1. The molecule has 1 aromatic heterocycles. The number of nitrogens with one attached hydrogen (secondary N) is 1. The average molecular weight is 315 g/mol. The molecule has 0 aromatic carbocycles. The van der Waals surface area contributed by atoms with Crippen molar-refractivity contribution in [3.8, 4) is 0 Å². The van der Waals surface area contributed by atoms with Crippen molar-refractivity contribution in [2.24, 2.45) is 11.7 Å². The van der Waals surface area contributed by atoms with E-state index in [-0.39, 0.29) is 17.1 Å². The van der Waals surface area contributed by atoms with Gasteiger partial charge >= 0.3 is 5.97 Å². The molecule has 21 heavy (non-hydrogen) atoms. The Kier molecular flexibility index (Phi) is 4.53. The lowest BCUT2D eigenvalue weighted by molar-refractivity contribution is -0.141. The highest BCUT2D eigenvalue weighted by atomic mass is 35.5. The number of hydrogen-bond acceptors (Lipinski definition) is 6. The van der Waals surface area contributed by atoms with E-state index in [0.29, 0.717) is 18.2 Å². The van der Waals surface area contributed by atoms with Crippen molar-refractivity contribution in [2.45, 2.75) is 31.8 Å². The minimum atomic E-state index is -0.564. The third kappa shape index (κ3) is 3.36. The molecule has 1 atom stereocenters. The van der Waals surface area contributed by atoms with Crippen LogP contribution >= 0.6 is 11.6 Å². The SMILES string of the molecule is COC(=O)Cn1ncc(NC(C)(CN)C2CC2)c(Cl)c1=O. The van der Waals surface area contributed by atoms with E-state index in [1.165, 1.54) is 13.3 Å². The summed E-state index contributed by atoms with van der Waals surface area (Å²) in [5.41, 5.74) is 5.41. The first-order valence-corrected chi connectivity index (χ1v) is 7.09. The molecule has 0 spiro atoms. The summed E-state index contributed by atoms with van der Waals surface area (Å²) >= 11 is 6.08. The molecule has 2 rings (SSSR count). The molecule has 1 unspecified atom stereocenters. The Morgan fingerprint density at radius 2 is 2.33 bits per heavy atom. The third-order valence-electron chi connectivity index (χ3n) is 3.81. The molecule has 7 nitrogen and oxygen atoms in total. The number of methoxy groups -OCH3 is 1. The Balaban J connectivity index is 2.24. The Hall–Kier alpha value is -1.60. The summed E-state index contributed by atoms with van der Waals surface area (Å²) in [5.74, 6) is -0.0952. The molecule has 1 heterocycles. The van der Waals surface area contributed by atoms with E-state index >= 15 is 0 Å². The number of nitrogens with zero attached hydrogens (tertiary/aromatic N) is 2. The summed E-state index contributed by atoms with van der Waals surface area (Å²) in [4.78, 5) is 23.3. The standard InChI is InChI=1S/C13H19ClN4O3/c1-13(7-15,8-3-4-8)17-9-5-16-18(6-10(19)21-2)12(20)11(9)14/h5,8,17H,3-4,6-7,15H2,1-2H3. The Labute approximate surface area is 127 Å². The van der Waals surface area contributed by atoms with E-state index in [9.17, 15) is 9.59 Å². The van der Waals surface area contributed by atoms with Crippen LogP contribution in [0.2, 0.25) is 5.02 Å². The Morgan fingerprint density at radius 3 is 2.86 bits per heavy atom. The summed E-state index contributed by atoms with van der Waals surface area (Å²) < 4.78 is 5.47. The smallest absolute Gasteiger partial charge is 0.327 e. The molecule has 0 saturated heterocycles. The molecule has 0 amide bonds. The van der Waals surface area contributed by atoms with Crippen LogP contribution in [0.3, 0.4) is 0 Å². The van der Waals surface area contributed by atoms with Crippen LogP contribution < -0.4 is 16.6 Å². The number of nitrogens with two attached hydrogens (primary N) is 1. The number of anilines is 1. The van der Waals surface area contributed by atoms with E-state index < -0.39 is 11.5 Å². The second-order valence-corrected chi connectivity index (χ2v) is 5.81. The lowest BCUT2D eigenvalue weighted by atomic mass is 9.96. The number of halogens is 1. The molecule has 1 aromatic rings. The molecule has 116 valence electrons. The number of carbonyl (C=O) groups is 1. The van der Waals surface area contributed by atoms with Gasteiger partial charge in [-0.25, -0.2) is 4.68 Å². The highest BCUT2D eigenvalue weighted by Gasteiger charge is 2.41. The molecule has 3 N–H and O–H groups in total. The molecule has 1 saturated carbocycles. The van der Waals surface area contributed by atoms with Crippen LogP contribution in [0.4, 0.5) is 5.69 Å². The topological polar surface area (TPSA) is 99.2 Å². The molecule has 0 radical (unpaired) electrons. The minimum Gasteiger partial charge on any atom is -0.468 e. The van der Waals surface area contributed by atoms with Crippen molar-refractivity contribution in [2.75, 3.05) is 19.0 Å². The van der Waals surface area contributed by atoms with Crippen LogP contribution in [-0.4, -0.2) is 34.9 Å². The third-order valence-corrected chi connectivity index (χ3v) is 4.18. The fourth-order valence-electron chi connectivity index (χ4n) is 2.20. The van der Waals surface area contributed by atoms with Gasteiger partial charge in [0.05, 0.1) is 19.0 Å². The molecule has 8 heteroatoms. The zero-order chi connectivity index (χ0) is 15.6. The van der Waals surface area contributed by atoms with Crippen LogP contribution in [0.1, 0.15) is 19.8 Å². The van der Waals surface area contributed by atoms with E-state index in [1.807, 2.05) is 6.92 Å². The molecular weight excluding hydrogens is 296 g/mol. The lowest BCUT2D eigenvalue weighted by Gasteiger charge is -2.31. The number of rotatable bonds is 6. The molecule has 1 aliphatic rings. The van der Waals surface area contributed by atoms with Gasteiger partial charge in [0, 0.05) is 12.1 Å². The average Bonchev–Trinajstić information content (AvgIpc) is 3.31. The van der Waals surface area contributed by atoms with Gasteiger partial charge in [0.15, 0.2) is 0 Å². The molecule has 1 aliphatic carbocycles. The monoisotopic (exact) mass is 314 g/mol.